The number of aryl methyl sites for hydroxylation is 1. The Morgan fingerprint density at radius 1 is 1.22 bits per heavy atom. The van der Waals surface area contributed by atoms with Crippen LogP contribution in [0.2, 0.25) is 0 Å². The van der Waals surface area contributed by atoms with E-state index in [1.165, 1.54) is 4.57 Å². The fraction of sp³-hybridized carbons (Fsp3) is 0.529. The molecule has 2 aliphatic carbocycles. The van der Waals surface area contributed by atoms with Crippen molar-refractivity contribution in [2.45, 2.75) is 46.1 Å². The number of hydrogen-bond acceptors (Lipinski definition) is 4. The van der Waals surface area contributed by atoms with Gasteiger partial charge in [-0.2, -0.15) is 0 Å². The van der Waals surface area contributed by atoms with E-state index in [9.17, 15) is 14.4 Å². The number of hydrogen-bond donors (Lipinski definition) is 1. The molecule has 6 nitrogen and oxygen atoms in total. The summed E-state index contributed by atoms with van der Waals surface area (Å²) >= 11 is 0. The lowest BCUT2D eigenvalue weighted by atomic mass is 10.1. The molecule has 0 bridgehead atoms. The number of nitrogens with one attached hydrogen (secondary N) is 1. The van der Waals surface area contributed by atoms with Gasteiger partial charge in [0.25, 0.3) is 5.56 Å². The molecule has 0 spiro atoms. The van der Waals surface area contributed by atoms with Crippen molar-refractivity contribution in [2.75, 3.05) is 0 Å². The Balaban J connectivity index is 0.000000670. The van der Waals surface area contributed by atoms with Gasteiger partial charge in [0.2, 0.25) is 11.8 Å². The van der Waals surface area contributed by atoms with Gasteiger partial charge in [-0.05, 0) is 31.6 Å². The Morgan fingerprint density at radius 3 is 2.61 bits per heavy atom. The molecule has 1 aromatic heterocycles. The maximum atomic E-state index is 12.7. The zero-order valence-corrected chi connectivity index (χ0v) is 13.6. The number of carbonyl (C=O) groups excluding carboxylic acids is 2. The second-order valence-electron chi connectivity index (χ2n) is 6.00. The van der Waals surface area contributed by atoms with Gasteiger partial charge in [0.05, 0.1) is 10.6 Å². The number of amides is 2. The summed E-state index contributed by atoms with van der Waals surface area (Å²) in [7, 11) is 0. The van der Waals surface area contributed by atoms with Crippen LogP contribution in [0.25, 0.3) is 12.2 Å². The van der Waals surface area contributed by atoms with Gasteiger partial charge in [0, 0.05) is 7.85 Å². The van der Waals surface area contributed by atoms with Crippen molar-refractivity contribution in [1.29, 1.82) is 0 Å². The molecule has 2 amide bonds. The molecule has 124 valence electrons. The molecule has 0 radical (unpaired) electrons. The van der Waals surface area contributed by atoms with Crippen molar-refractivity contribution >= 4 is 24.0 Å². The summed E-state index contributed by atoms with van der Waals surface area (Å²) in [6, 6.07) is -0.640. The lowest BCUT2D eigenvalue weighted by molar-refractivity contribution is -0.135. The summed E-state index contributed by atoms with van der Waals surface area (Å²) in [6.07, 6.45) is 5.72. The summed E-state index contributed by atoms with van der Waals surface area (Å²) in [5, 5.41) is 3.63. The predicted molar refractivity (Wildman–Crippen MR) is 87.9 cm³/mol. The van der Waals surface area contributed by atoms with E-state index in [-0.39, 0.29) is 19.3 Å². The summed E-state index contributed by atoms with van der Waals surface area (Å²) < 4.78 is 1.44. The Bertz CT molecular complexity index is 859. The summed E-state index contributed by atoms with van der Waals surface area (Å²) in [5.41, 5.74) is -0.173. The maximum absolute atomic E-state index is 12.7. The molecular weight excluding hydrogens is 294 g/mol. The van der Waals surface area contributed by atoms with E-state index in [1.807, 2.05) is 19.9 Å². The molecule has 3 aliphatic rings. The topological polar surface area (TPSA) is 81.1 Å². The monoisotopic (exact) mass is 317 g/mol. The first kappa shape index (κ1) is 15.6. The zero-order chi connectivity index (χ0) is 16.7. The van der Waals surface area contributed by atoms with Gasteiger partial charge in [0.15, 0.2) is 0 Å². The van der Waals surface area contributed by atoms with Crippen LogP contribution in [0.3, 0.4) is 0 Å². The molecular formula is C17H23N3O3. The molecule has 3 unspecified atom stereocenters. The first-order valence-corrected chi connectivity index (χ1v) is 8.21. The van der Waals surface area contributed by atoms with Crippen LogP contribution in [-0.2, 0) is 9.59 Å². The maximum Gasteiger partial charge on any atom is 0.261 e. The predicted octanol–water partition coefficient (Wildman–Crippen LogP) is 0.0123. The number of carbonyl (C=O) groups is 2. The van der Waals surface area contributed by atoms with Gasteiger partial charge in [-0.25, -0.2) is 4.98 Å². The highest BCUT2D eigenvalue weighted by atomic mass is 16.2. The number of piperidine rings is 1. The van der Waals surface area contributed by atoms with Crippen LogP contribution in [0.5, 0.6) is 0 Å². The fourth-order valence-electron chi connectivity index (χ4n) is 3.29. The van der Waals surface area contributed by atoms with Gasteiger partial charge in [-0.3, -0.25) is 24.3 Å². The van der Waals surface area contributed by atoms with Crippen molar-refractivity contribution in [1.82, 2.24) is 14.9 Å². The average Bonchev–Trinajstić information content (AvgIpc) is 3.28. The third-order valence-corrected chi connectivity index (χ3v) is 4.52. The SMILES string of the molecule is CC.Cc1nc2c(c(=O)n1C1CCC(=O)NC1=O)=CC1CC1C=2.[HH]. The Labute approximate surface area is 135 Å². The lowest BCUT2D eigenvalue weighted by Crippen LogP contribution is -2.53. The smallest absolute Gasteiger partial charge is 0.261 e. The van der Waals surface area contributed by atoms with Gasteiger partial charge < -0.3 is 0 Å². The molecule has 2 heterocycles. The van der Waals surface area contributed by atoms with Crippen LogP contribution in [0.15, 0.2) is 4.79 Å². The first-order valence-electron chi connectivity index (χ1n) is 8.21. The third kappa shape index (κ3) is 2.62. The Hall–Kier alpha value is -2.24. The molecule has 3 atom stereocenters. The zero-order valence-electron chi connectivity index (χ0n) is 13.6. The summed E-state index contributed by atoms with van der Waals surface area (Å²) in [6.45, 7) is 5.73. The van der Waals surface area contributed by atoms with E-state index in [2.05, 4.69) is 16.4 Å². The first-order chi connectivity index (χ1) is 11.0. The molecule has 1 saturated carbocycles. The van der Waals surface area contributed by atoms with Gasteiger partial charge in [0.1, 0.15) is 11.9 Å². The van der Waals surface area contributed by atoms with E-state index in [0.29, 0.717) is 29.3 Å². The minimum atomic E-state index is -0.640. The van der Waals surface area contributed by atoms with Crippen LogP contribution in [0.4, 0.5) is 0 Å². The van der Waals surface area contributed by atoms with Crippen LogP contribution >= 0.6 is 0 Å². The van der Waals surface area contributed by atoms with Gasteiger partial charge in [-0.15, -0.1) is 0 Å². The molecule has 23 heavy (non-hydrogen) atoms. The number of aromatic nitrogens is 2. The van der Waals surface area contributed by atoms with Crippen molar-refractivity contribution in [3.05, 3.63) is 26.7 Å². The molecule has 1 saturated heterocycles. The van der Waals surface area contributed by atoms with Crippen molar-refractivity contribution < 1.29 is 11.0 Å². The van der Waals surface area contributed by atoms with Gasteiger partial charge in [-0.1, -0.05) is 26.0 Å². The van der Waals surface area contributed by atoms with E-state index in [1.54, 1.807) is 6.92 Å². The third-order valence-electron chi connectivity index (χ3n) is 4.52. The van der Waals surface area contributed by atoms with Crippen LogP contribution in [0, 0.1) is 18.8 Å². The quantitative estimate of drug-likeness (QED) is 0.740. The fourth-order valence-corrected chi connectivity index (χ4v) is 3.29. The van der Waals surface area contributed by atoms with Crippen molar-refractivity contribution in [2.24, 2.45) is 11.8 Å². The van der Waals surface area contributed by atoms with Crippen LogP contribution < -0.4 is 21.4 Å². The molecule has 6 heteroatoms. The highest BCUT2D eigenvalue weighted by Crippen LogP contribution is 2.41. The normalized spacial score (nSPS) is 27.3. The van der Waals surface area contributed by atoms with E-state index < -0.39 is 11.9 Å². The average molecular weight is 317 g/mol. The van der Waals surface area contributed by atoms with Gasteiger partial charge >= 0.3 is 0 Å². The number of nitrogens with zero attached hydrogens (tertiary/aromatic N) is 2. The minimum absolute atomic E-state index is 0. The second kappa shape index (κ2) is 5.76. The van der Waals surface area contributed by atoms with Crippen LogP contribution in [-0.4, -0.2) is 21.4 Å². The number of rotatable bonds is 1. The minimum Gasteiger partial charge on any atom is -0.295 e. The molecule has 1 aliphatic heterocycles. The highest BCUT2D eigenvalue weighted by Gasteiger charge is 2.36. The summed E-state index contributed by atoms with van der Waals surface area (Å²) in [4.78, 5) is 40.5. The number of fused-ring (bicyclic) bond motifs is 2. The Morgan fingerprint density at radius 2 is 1.91 bits per heavy atom. The van der Waals surface area contributed by atoms with Crippen LogP contribution in [0.1, 0.15) is 46.4 Å². The molecule has 2 fully saturated rings. The molecule has 1 N–H and O–H groups in total. The standard InChI is InChI=1S/C15H15N3O3.C2H6.H2/c1-7-16-11-6-9-4-8(9)5-10(11)15(21)18(7)12-2-3-13(19)17-14(12)20;1-2;/h5-6,8-9,12H,2-4H2,1H3,(H,17,19,20);1-2H3;1H. The highest BCUT2D eigenvalue weighted by molar-refractivity contribution is 5.99. The number of imide groups is 1. The Kier molecular flexibility index (Phi) is 3.92. The molecule has 0 aromatic carbocycles. The van der Waals surface area contributed by atoms with E-state index in [4.69, 9.17) is 0 Å². The largest absolute Gasteiger partial charge is 0.295 e. The van der Waals surface area contributed by atoms with Crippen molar-refractivity contribution in [3.63, 3.8) is 0 Å². The van der Waals surface area contributed by atoms with E-state index in [0.717, 1.165) is 11.8 Å². The molecule has 1 aromatic rings. The van der Waals surface area contributed by atoms with E-state index >= 15 is 0 Å². The summed E-state index contributed by atoms with van der Waals surface area (Å²) in [5.74, 6) is 0.799. The molecule has 4 rings (SSSR count). The second-order valence-corrected chi connectivity index (χ2v) is 6.00. The van der Waals surface area contributed by atoms with Crippen molar-refractivity contribution in [3.8, 4) is 0 Å². The lowest BCUT2D eigenvalue weighted by Gasteiger charge is -2.24.